The maximum absolute atomic E-state index is 6.48. The van der Waals surface area contributed by atoms with Gasteiger partial charge in [-0.1, -0.05) is 38.2 Å². The van der Waals surface area contributed by atoms with Gasteiger partial charge in [0.15, 0.2) is 17.3 Å². The molecule has 2 aliphatic rings. The summed E-state index contributed by atoms with van der Waals surface area (Å²) in [6, 6.07) is 6.59. The second-order valence-corrected chi connectivity index (χ2v) is 8.54. The number of nitrogens with zero attached hydrogens (tertiary/aromatic N) is 4. The van der Waals surface area contributed by atoms with Crippen molar-refractivity contribution in [2.45, 2.75) is 82.0 Å². The van der Waals surface area contributed by atoms with Crippen LogP contribution in [0.2, 0.25) is 0 Å². The van der Waals surface area contributed by atoms with E-state index in [0.29, 0.717) is 17.5 Å². The molecule has 1 aromatic carbocycles. The third-order valence-electron chi connectivity index (χ3n) is 6.64. The van der Waals surface area contributed by atoms with Crippen LogP contribution >= 0.6 is 0 Å². The third-order valence-corrected chi connectivity index (χ3v) is 6.64. The highest BCUT2D eigenvalue weighted by Crippen LogP contribution is 2.35. The fraction of sp³-hybridized carbons (Fsp3) is 0.682. The Bertz CT molecular complexity index is 820. The smallest absolute Gasteiger partial charge is 0.173 e. The molecule has 1 aromatic heterocycles. The monoisotopic (exact) mass is 414 g/mol. The fourth-order valence-electron chi connectivity index (χ4n) is 4.91. The Labute approximate surface area is 178 Å². The largest absolute Gasteiger partial charge is 0.493 e. The standard InChI is InChI=1S/C22H34N6O2/c1-29-19-13-12-15(14-20(19)30-2)21(24-18-11-7-6-10-17(18)23)22-25-26-27-28(22)16-8-4-3-5-9-16/h12-14,16-18,21,24H,3-11,23H2,1-2H3. The Balaban J connectivity index is 1.70. The first-order chi connectivity index (χ1) is 14.7. The number of nitrogens with one attached hydrogen (secondary N) is 1. The van der Waals surface area contributed by atoms with Gasteiger partial charge in [0, 0.05) is 12.1 Å². The molecule has 2 aromatic rings. The Morgan fingerprint density at radius 2 is 1.73 bits per heavy atom. The van der Waals surface area contributed by atoms with E-state index in [-0.39, 0.29) is 18.1 Å². The van der Waals surface area contributed by atoms with Gasteiger partial charge in [-0.3, -0.25) is 5.32 Å². The third kappa shape index (κ3) is 4.44. The Morgan fingerprint density at radius 1 is 1.00 bits per heavy atom. The molecule has 4 rings (SSSR count). The Kier molecular flexibility index (Phi) is 6.84. The Morgan fingerprint density at radius 3 is 2.47 bits per heavy atom. The van der Waals surface area contributed by atoms with Gasteiger partial charge >= 0.3 is 0 Å². The SMILES string of the molecule is COc1ccc(C(NC2CCCCC2N)c2nnnn2C2CCCCC2)cc1OC. The van der Waals surface area contributed by atoms with E-state index in [1.807, 2.05) is 16.8 Å². The van der Waals surface area contributed by atoms with Crippen molar-refractivity contribution >= 4 is 0 Å². The van der Waals surface area contributed by atoms with Crippen LogP contribution in [0, 0.1) is 0 Å². The first kappa shape index (κ1) is 21.1. The van der Waals surface area contributed by atoms with E-state index in [1.54, 1.807) is 14.2 Å². The molecule has 0 spiro atoms. The van der Waals surface area contributed by atoms with Crippen LogP contribution < -0.4 is 20.5 Å². The van der Waals surface area contributed by atoms with Crippen LogP contribution in [0.5, 0.6) is 11.5 Å². The Hall–Kier alpha value is -2.19. The van der Waals surface area contributed by atoms with Gasteiger partial charge in [0.05, 0.1) is 26.3 Å². The number of aromatic nitrogens is 4. The van der Waals surface area contributed by atoms with E-state index in [9.17, 15) is 0 Å². The summed E-state index contributed by atoms with van der Waals surface area (Å²) in [5.41, 5.74) is 7.53. The van der Waals surface area contributed by atoms with E-state index < -0.39 is 0 Å². The minimum atomic E-state index is -0.157. The summed E-state index contributed by atoms with van der Waals surface area (Å²) in [7, 11) is 3.31. The molecule has 8 nitrogen and oxygen atoms in total. The summed E-state index contributed by atoms with van der Waals surface area (Å²) in [6.07, 6.45) is 10.5. The first-order valence-corrected chi connectivity index (χ1v) is 11.2. The van der Waals surface area contributed by atoms with Crippen LogP contribution in [-0.2, 0) is 0 Å². The van der Waals surface area contributed by atoms with Crippen molar-refractivity contribution in [1.29, 1.82) is 0 Å². The number of methoxy groups -OCH3 is 2. The summed E-state index contributed by atoms with van der Waals surface area (Å²) in [5.74, 6) is 2.26. The van der Waals surface area contributed by atoms with Gasteiger partial charge in [-0.2, -0.15) is 0 Å². The highest BCUT2D eigenvalue weighted by Gasteiger charge is 2.31. The molecule has 8 heteroatoms. The lowest BCUT2D eigenvalue weighted by molar-refractivity contribution is 0.285. The normalized spacial score (nSPS) is 23.8. The molecule has 3 N–H and O–H groups in total. The molecule has 164 valence electrons. The van der Waals surface area contributed by atoms with Gasteiger partial charge in [0.1, 0.15) is 0 Å². The highest BCUT2D eigenvalue weighted by atomic mass is 16.5. The molecule has 3 atom stereocenters. The van der Waals surface area contributed by atoms with Gasteiger partial charge in [-0.25, -0.2) is 4.68 Å². The quantitative estimate of drug-likeness (QED) is 0.718. The molecule has 30 heavy (non-hydrogen) atoms. The van der Waals surface area contributed by atoms with Crippen LogP contribution in [0.1, 0.15) is 81.3 Å². The number of nitrogens with two attached hydrogens (primary N) is 1. The summed E-state index contributed by atoms with van der Waals surface area (Å²) < 4.78 is 13.0. The predicted octanol–water partition coefficient (Wildman–Crippen LogP) is 3.14. The van der Waals surface area contributed by atoms with Crippen molar-refractivity contribution in [3.63, 3.8) is 0 Å². The molecule has 0 bridgehead atoms. The van der Waals surface area contributed by atoms with Crippen molar-refractivity contribution in [1.82, 2.24) is 25.5 Å². The van der Waals surface area contributed by atoms with Gasteiger partial charge in [-0.15, -0.1) is 5.10 Å². The average molecular weight is 415 g/mol. The zero-order valence-corrected chi connectivity index (χ0v) is 18.1. The number of ether oxygens (including phenoxy) is 2. The number of hydrogen-bond acceptors (Lipinski definition) is 7. The highest BCUT2D eigenvalue weighted by molar-refractivity contribution is 5.45. The van der Waals surface area contributed by atoms with E-state index in [0.717, 1.165) is 37.1 Å². The lowest BCUT2D eigenvalue weighted by Crippen LogP contribution is -2.49. The van der Waals surface area contributed by atoms with Crippen molar-refractivity contribution in [2.75, 3.05) is 14.2 Å². The second kappa shape index (κ2) is 9.75. The molecule has 2 aliphatic carbocycles. The number of rotatable bonds is 7. The van der Waals surface area contributed by atoms with E-state index in [4.69, 9.17) is 15.2 Å². The number of hydrogen-bond donors (Lipinski definition) is 2. The number of tetrazole rings is 1. The molecular formula is C22H34N6O2. The molecule has 0 aliphatic heterocycles. The maximum Gasteiger partial charge on any atom is 0.173 e. The minimum absolute atomic E-state index is 0.139. The summed E-state index contributed by atoms with van der Waals surface area (Å²) in [5, 5.41) is 16.8. The molecule has 0 saturated heterocycles. The lowest BCUT2D eigenvalue weighted by atomic mass is 9.89. The average Bonchev–Trinajstić information content (AvgIpc) is 3.28. The summed E-state index contributed by atoms with van der Waals surface area (Å²) in [6.45, 7) is 0. The van der Waals surface area contributed by atoms with Crippen LogP contribution in [-0.4, -0.2) is 46.5 Å². The van der Waals surface area contributed by atoms with E-state index in [1.165, 1.54) is 32.1 Å². The molecule has 2 fully saturated rings. The van der Waals surface area contributed by atoms with Crippen molar-refractivity contribution < 1.29 is 9.47 Å². The maximum atomic E-state index is 6.48. The van der Waals surface area contributed by atoms with Gasteiger partial charge in [0.2, 0.25) is 0 Å². The molecule has 1 heterocycles. The van der Waals surface area contributed by atoms with Crippen LogP contribution in [0.15, 0.2) is 18.2 Å². The van der Waals surface area contributed by atoms with Crippen molar-refractivity contribution in [3.05, 3.63) is 29.6 Å². The topological polar surface area (TPSA) is 100 Å². The van der Waals surface area contributed by atoms with E-state index in [2.05, 4.69) is 26.9 Å². The molecule has 2 saturated carbocycles. The second-order valence-electron chi connectivity index (χ2n) is 8.54. The van der Waals surface area contributed by atoms with Gasteiger partial charge in [-0.05, 0) is 53.8 Å². The van der Waals surface area contributed by atoms with Crippen molar-refractivity contribution in [2.24, 2.45) is 5.73 Å². The lowest BCUT2D eigenvalue weighted by Gasteiger charge is -2.33. The van der Waals surface area contributed by atoms with Crippen LogP contribution in [0.25, 0.3) is 0 Å². The molecular weight excluding hydrogens is 380 g/mol. The van der Waals surface area contributed by atoms with E-state index >= 15 is 0 Å². The van der Waals surface area contributed by atoms with Crippen LogP contribution in [0.4, 0.5) is 0 Å². The van der Waals surface area contributed by atoms with Gasteiger partial charge < -0.3 is 15.2 Å². The first-order valence-electron chi connectivity index (χ1n) is 11.2. The van der Waals surface area contributed by atoms with Crippen LogP contribution in [0.3, 0.4) is 0 Å². The molecule has 0 amide bonds. The zero-order valence-electron chi connectivity index (χ0n) is 18.1. The fourth-order valence-corrected chi connectivity index (χ4v) is 4.91. The number of benzene rings is 1. The minimum Gasteiger partial charge on any atom is -0.493 e. The van der Waals surface area contributed by atoms with Crippen molar-refractivity contribution in [3.8, 4) is 11.5 Å². The predicted molar refractivity (Wildman–Crippen MR) is 115 cm³/mol. The summed E-state index contributed by atoms with van der Waals surface area (Å²) >= 11 is 0. The molecule has 3 unspecified atom stereocenters. The van der Waals surface area contributed by atoms with Gasteiger partial charge in [0.25, 0.3) is 0 Å². The molecule has 0 radical (unpaired) electrons. The zero-order chi connectivity index (χ0) is 20.9. The summed E-state index contributed by atoms with van der Waals surface area (Å²) in [4.78, 5) is 0.